The molecule has 1 aromatic heterocycles. The maximum atomic E-state index is 12.1. The maximum absolute atomic E-state index is 12.1. The molecule has 7 heteroatoms. The lowest BCUT2D eigenvalue weighted by atomic mass is 10.2. The summed E-state index contributed by atoms with van der Waals surface area (Å²) in [5.41, 5.74) is 1.68. The van der Waals surface area contributed by atoms with Gasteiger partial charge in [-0.1, -0.05) is 0 Å². The monoisotopic (exact) mass is 465 g/mol. The number of carbonyl (C=O) groups excluding carboxylic acids is 1. The second-order valence-electron chi connectivity index (χ2n) is 5.39. The van der Waals surface area contributed by atoms with Gasteiger partial charge < -0.3 is 14.5 Å². The number of halogens is 2. The van der Waals surface area contributed by atoms with Crippen molar-refractivity contribution < 1.29 is 13.9 Å². The molecule has 1 amide bonds. The highest BCUT2D eigenvalue weighted by atomic mass is 79.9. The van der Waals surface area contributed by atoms with Crippen LogP contribution in [0.3, 0.4) is 0 Å². The van der Waals surface area contributed by atoms with Crippen LogP contribution in [-0.4, -0.2) is 12.5 Å². The SMILES string of the molecule is Cc1cc(Br)c(NC(=O)COc2ccc3ccc(=O)oc3c2)c(Br)c1. The zero-order valence-electron chi connectivity index (χ0n) is 13.1. The zero-order chi connectivity index (χ0) is 18.0. The third-order valence-corrected chi connectivity index (χ3v) is 4.67. The quantitative estimate of drug-likeness (QED) is 0.568. The smallest absolute Gasteiger partial charge is 0.336 e. The maximum Gasteiger partial charge on any atom is 0.336 e. The molecule has 1 N–H and O–H groups in total. The number of aryl methyl sites for hydroxylation is 1. The molecule has 5 nitrogen and oxygen atoms in total. The van der Waals surface area contributed by atoms with Gasteiger partial charge in [0.15, 0.2) is 6.61 Å². The number of fused-ring (bicyclic) bond motifs is 1. The first kappa shape index (κ1) is 17.7. The molecule has 0 bridgehead atoms. The van der Waals surface area contributed by atoms with Crippen molar-refractivity contribution >= 4 is 54.4 Å². The number of ether oxygens (including phenoxy) is 1. The minimum Gasteiger partial charge on any atom is -0.484 e. The van der Waals surface area contributed by atoms with Gasteiger partial charge in [-0.2, -0.15) is 0 Å². The Hall–Kier alpha value is -2.12. The Morgan fingerprint density at radius 1 is 1.12 bits per heavy atom. The van der Waals surface area contributed by atoms with Crippen LogP contribution in [0.25, 0.3) is 11.0 Å². The van der Waals surface area contributed by atoms with E-state index in [9.17, 15) is 9.59 Å². The first-order valence-corrected chi connectivity index (χ1v) is 8.93. The number of rotatable bonds is 4. The lowest BCUT2D eigenvalue weighted by Gasteiger charge is -2.11. The standard InChI is InChI=1S/C18H13Br2NO4/c1-10-6-13(19)18(14(20)7-10)21-16(22)9-24-12-4-2-11-3-5-17(23)25-15(11)8-12/h2-8H,9H2,1H3,(H,21,22). The van der Waals surface area contributed by atoms with Crippen molar-refractivity contribution in [3.8, 4) is 5.75 Å². The summed E-state index contributed by atoms with van der Waals surface area (Å²) in [4.78, 5) is 23.4. The summed E-state index contributed by atoms with van der Waals surface area (Å²) in [5, 5.41) is 3.57. The minimum absolute atomic E-state index is 0.171. The Kier molecular flexibility index (Phi) is 5.24. The average molecular weight is 467 g/mol. The van der Waals surface area contributed by atoms with Crippen molar-refractivity contribution in [1.29, 1.82) is 0 Å². The first-order chi connectivity index (χ1) is 11.9. The molecule has 128 valence electrons. The Morgan fingerprint density at radius 3 is 2.52 bits per heavy atom. The van der Waals surface area contributed by atoms with E-state index in [-0.39, 0.29) is 12.5 Å². The Bertz CT molecular complexity index is 990. The molecule has 25 heavy (non-hydrogen) atoms. The molecular weight excluding hydrogens is 454 g/mol. The fourth-order valence-corrected chi connectivity index (χ4v) is 3.89. The number of nitrogens with one attached hydrogen (secondary N) is 1. The van der Waals surface area contributed by atoms with Crippen LogP contribution in [0, 0.1) is 6.92 Å². The van der Waals surface area contributed by atoms with E-state index in [0.717, 1.165) is 19.9 Å². The average Bonchev–Trinajstić information content (AvgIpc) is 2.55. The van der Waals surface area contributed by atoms with Gasteiger partial charge in [-0.25, -0.2) is 4.79 Å². The number of amides is 1. The molecule has 0 aliphatic carbocycles. The largest absolute Gasteiger partial charge is 0.484 e. The van der Waals surface area contributed by atoms with E-state index in [1.807, 2.05) is 19.1 Å². The van der Waals surface area contributed by atoms with Crippen molar-refractivity contribution in [2.75, 3.05) is 11.9 Å². The van der Waals surface area contributed by atoms with Gasteiger partial charge in [0, 0.05) is 26.5 Å². The molecule has 3 aromatic rings. The number of carbonyl (C=O) groups is 1. The van der Waals surface area contributed by atoms with E-state index in [4.69, 9.17) is 9.15 Å². The van der Waals surface area contributed by atoms with Gasteiger partial charge in [-0.15, -0.1) is 0 Å². The summed E-state index contributed by atoms with van der Waals surface area (Å²) >= 11 is 6.86. The third kappa shape index (κ3) is 4.29. The fraction of sp³-hybridized carbons (Fsp3) is 0.111. The van der Waals surface area contributed by atoms with E-state index in [1.54, 1.807) is 24.3 Å². The number of anilines is 1. The Balaban J connectivity index is 1.69. The normalized spacial score (nSPS) is 10.7. The summed E-state index contributed by atoms with van der Waals surface area (Å²) in [6, 6.07) is 11.9. The van der Waals surface area contributed by atoms with Crippen molar-refractivity contribution in [1.82, 2.24) is 0 Å². The van der Waals surface area contributed by atoms with Crippen LogP contribution < -0.4 is 15.7 Å². The van der Waals surface area contributed by atoms with Gasteiger partial charge >= 0.3 is 5.63 Å². The van der Waals surface area contributed by atoms with E-state index in [1.165, 1.54) is 6.07 Å². The first-order valence-electron chi connectivity index (χ1n) is 7.34. The number of benzene rings is 2. The molecule has 2 aromatic carbocycles. The van der Waals surface area contributed by atoms with E-state index in [2.05, 4.69) is 37.2 Å². The summed E-state index contributed by atoms with van der Waals surface area (Å²) < 4.78 is 12.1. The molecule has 0 unspecified atom stereocenters. The summed E-state index contributed by atoms with van der Waals surface area (Å²) in [5.74, 6) is 0.138. The van der Waals surface area contributed by atoms with Crippen molar-refractivity contribution in [2.45, 2.75) is 6.92 Å². The van der Waals surface area contributed by atoms with Gasteiger partial charge in [0.05, 0.1) is 5.69 Å². The molecule has 0 aliphatic rings. The van der Waals surface area contributed by atoms with Gasteiger partial charge in [0.2, 0.25) is 0 Å². The second kappa shape index (κ2) is 7.41. The molecule has 3 rings (SSSR count). The Morgan fingerprint density at radius 2 is 1.80 bits per heavy atom. The third-order valence-electron chi connectivity index (χ3n) is 3.42. The van der Waals surface area contributed by atoms with Crippen LogP contribution in [0.1, 0.15) is 5.56 Å². The topological polar surface area (TPSA) is 68.5 Å². The Labute approximate surface area is 160 Å². The van der Waals surface area contributed by atoms with Crippen LogP contribution >= 0.6 is 31.9 Å². The molecular formula is C18H13Br2NO4. The molecule has 0 saturated heterocycles. The van der Waals surface area contributed by atoms with Gasteiger partial charge in [0.1, 0.15) is 11.3 Å². The molecule has 0 radical (unpaired) electrons. The molecule has 0 saturated carbocycles. The summed E-state index contributed by atoms with van der Waals surface area (Å²) in [6.07, 6.45) is 0. The van der Waals surface area contributed by atoms with Crippen LogP contribution in [-0.2, 0) is 4.79 Å². The predicted octanol–water partition coefficient (Wildman–Crippen LogP) is 4.64. The fourth-order valence-electron chi connectivity index (χ4n) is 2.27. The van der Waals surface area contributed by atoms with Crippen molar-refractivity contribution in [3.05, 3.63) is 67.4 Å². The lowest BCUT2D eigenvalue weighted by molar-refractivity contribution is -0.118. The summed E-state index contributed by atoms with van der Waals surface area (Å²) in [7, 11) is 0. The molecule has 0 atom stereocenters. The van der Waals surface area contributed by atoms with E-state index in [0.29, 0.717) is 17.0 Å². The van der Waals surface area contributed by atoms with Crippen LogP contribution in [0.15, 0.2) is 60.6 Å². The van der Waals surface area contributed by atoms with E-state index < -0.39 is 5.63 Å². The second-order valence-corrected chi connectivity index (χ2v) is 7.10. The summed E-state index contributed by atoms with van der Waals surface area (Å²) in [6.45, 7) is 1.79. The van der Waals surface area contributed by atoms with Crippen molar-refractivity contribution in [3.63, 3.8) is 0 Å². The van der Waals surface area contributed by atoms with Gasteiger partial charge in [-0.3, -0.25) is 4.79 Å². The highest BCUT2D eigenvalue weighted by Crippen LogP contribution is 2.32. The molecule has 0 aliphatic heterocycles. The van der Waals surface area contributed by atoms with Crippen LogP contribution in [0.5, 0.6) is 5.75 Å². The van der Waals surface area contributed by atoms with Crippen LogP contribution in [0.4, 0.5) is 5.69 Å². The van der Waals surface area contributed by atoms with Crippen molar-refractivity contribution in [2.24, 2.45) is 0 Å². The van der Waals surface area contributed by atoms with Gasteiger partial charge in [0.25, 0.3) is 5.91 Å². The van der Waals surface area contributed by atoms with Crippen LogP contribution in [0.2, 0.25) is 0 Å². The molecule has 0 spiro atoms. The highest BCUT2D eigenvalue weighted by molar-refractivity contribution is 9.11. The van der Waals surface area contributed by atoms with E-state index >= 15 is 0 Å². The minimum atomic E-state index is -0.434. The highest BCUT2D eigenvalue weighted by Gasteiger charge is 2.11. The number of hydrogen-bond acceptors (Lipinski definition) is 4. The number of hydrogen-bond donors (Lipinski definition) is 1. The predicted molar refractivity (Wildman–Crippen MR) is 103 cm³/mol. The zero-order valence-corrected chi connectivity index (χ0v) is 16.3. The lowest BCUT2D eigenvalue weighted by Crippen LogP contribution is -2.20. The van der Waals surface area contributed by atoms with Gasteiger partial charge in [-0.05, 0) is 74.7 Å². The molecule has 1 heterocycles. The molecule has 0 fully saturated rings.